The predicted molar refractivity (Wildman–Crippen MR) is 79.7 cm³/mol. The van der Waals surface area contributed by atoms with Gasteiger partial charge in [0.25, 0.3) is 0 Å². The molecular weight excluding hydrogens is 236 g/mol. The molecule has 1 aliphatic rings. The minimum Gasteiger partial charge on any atom is -0.314 e. The van der Waals surface area contributed by atoms with Gasteiger partial charge >= 0.3 is 0 Å². The van der Waals surface area contributed by atoms with Gasteiger partial charge in [-0.2, -0.15) is 0 Å². The summed E-state index contributed by atoms with van der Waals surface area (Å²) in [5.41, 5.74) is 4.70. The quantitative estimate of drug-likeness (QED) is 0.886. The van der Waals surface area contributed by atoms with Gasteiger partial charge in [0.05, 0.1) is 6.04 Å². The number of anilines is 1. The van der Waals surface area contributed by atoms with Gasteiger partial charge in [-0.15, -0.1) is 0 Å². The molecule has 3 nitrogen and oxygen atoms in total. The maximum absolute atomic E-state index is 12.5. The Bertz CT molecular complexity index is 476. The molecule has 1 fully saturated rings. The van der Waals surface area contributed by atoms with Gasteiger partial charge in [-0.05, 0) is 62.9 Å². The number of aryl methyl sites for hydroxylation is 3. The summed E-state index contributed by atoms with van der Waals surface area (Å²) in [6, 6.07) is 4.26. The molecule has 1 heterocycles. The smallest absolute Gasteiger partial charge is 0.243 e. The van der Waals surface area contributed by atoms with Crippen molar-refractivity contribution in [2.75, 3.05) is 18.5 Å². The van der Waals surface area contributed by atoms with Crippen LogP contribution in [-0.2, 0) is 4.79 Å². The van der Waals surface area contributed by atoms with Crippen LogP contribution in [0.1, 0.15) is 36.0 Å². The Hall–Kier alpha value is -1.35. The third kappa shape index (κ3) is 2.98. The molecule has 1 atom stereocenters. The Morgan fingerprint density at radius 3 is 2.47 bits per heavy atom. The van der Waals surface area contributed by atoms with E-state index in [-0.39, 0.29) is 11.9 Å². The first kappa shape index (κ1) is 14.1. The number of rotatable bonds is 2. The van der Waals surface area contributed by atoms with Crippen molar-refractivity contribution in [3.63, 3.8) is 0 Å². The summed E-state index contributed by atoms with van der Waals surface area (Å²) < 4.78 is 0. The van der Waals surface area contributed by atoms with Gasteiger partial charge in [-0.3, -0.25) is 4.79 Å². The fourth-order valence-corrected chi connectivity index (χ4v) is 2.72. The van der Waals surface area contributed by atoms with Crippen LogP contribution in [0.2, 0.25) is 0 Å². The highest BCUT2D eigenvalue weighted by Crippen LogP contribution is 2.24. The van der Waals surface area contributed by atoms with Gasteiger partial charge in [-0.25, -0.2) is 0 Å². The highest BCUT2D eigenvalue weighted by molar-refractivity contribution is 5.97. The van der Waals surface area contributed by atoms with Crippen molar-refractivity contribution >= 4 is 11.6 Å². The number of carbonyl (C=O) groups is 1. The van der Waals surface area contributed by atoms with E-state index in [1.165, 1.54) is 17.5 Å². The predicted octanol–water partition coefficient (Wildman–Crippen LogP) is 2.72. The molecule has 3 heteroatoms. The highest BCUT2D eigenvalue weighted by Gasteiger charge is 2.25. The number of likely N-dealkylation sites (N-methyl/N-ethyl adjacent to an activating group) is 1. The van der Waals surface area contributed by atoms with Gasteiger partial charge in [0.2, 0.25) is 5.91 Å². The van der Waals surface area contributed by atoms with Crippen LogP contribution in [0.5, 0.6) is 0 Å². The van der Waals surface area contributed by atoms with E-state index in [4.69, 9.17) is 0 Å². The van der Waals surface area contributed by atoms with Crippen LogP contribution in [0.3, 0.4) is 0 Å². The zero-order valence-electron chi connectivity index (χ0n) is 12.4. The summed E-state index contributed by atoms with van der Waals surface area (Å²) in [5.74, 6) is 0.186. The van der Waals surface area contributed by atoms with Crippen molar-refractivity contribution in [1.29, 1.82) is 0 Å². The highest BCUT2D eigenvalue weighted by atomic mass is 16.2. The molecule has 0 saturated carbocycles. The van der Waals surface area contributed by atoms with Crippen LogP contribution in [0.25, 0.3) is 0 Å². The monoisotopic (exact) mass is 260 g/mol. The molecule has 1 aliphatic heterocycles. The summed E-state index contributed by atoms with van der Waals surface area (Å²) in [6.45, 7) is 7.22. The molecule has 1 N–H and O–H groups in total. The first-order chi connectivity index (χ1) is 9.00. The van der Waals surface area contributed by atoms with Crippen molar-refractivity contribution in [2.45, 2.75) is 46.1 Å². The topological polar surface area (TPSA) is 32.3 Å². The van der Waals surface area contributed by atoms with E-state index in [1.807, 2.05) is 11.9 Å². The van der Waals surface area contributed by atoms with Crippen LogP contribution >= 0.6 is 0 Å². The molecule has 2 rings (SSSR count). The summed E-state index contributed by atoms with van der Waals surface area (Å²) in [5, 5.41) is 3.32. The first-order valence-corrected chi connectivity index (χ1v) is 7.09. The Morgan fingerprint density at radius 2 is 1.84 bits per heavy atom. The molecule has 0 aliphatic carbocycles. The van der Waals surface area contributed by atoms with E-state index >= 15 is 0 Å². The lowest BCUT2D eigenvalue weighted by atomic mass is 10.0. The fourth-order valence-electron chi connectivity index (χ4n) is 2.72. The number of piperidine rings is 1. The van der Waals surface area contributed by atoms with Crippen LogP contribution in [0, 0.1) is 20.8 Å². The Kier molecular flexibility index (Phi) is 4.25. The van der Waals surface area contributed by atoms with E-state index < -0.39 is 0 Å². The number of hydrogen-bond donors (Lipinski definition) is 1. The van der Waals surface area contributed by atoms with E-state index in [2.05, 4.69) is 38.2 Å². The molecule has 0 spiro atoms. The van der Waals surface area contributed by atoms with E-state index in [9.17, 15) is 4.79 Å². The van der Waals surface area contributed by atoms with Crippen molar-refractivity contribution in [3.05, 3.63) is 28.8 Å². The first-order valence-electron chi connectivity index (χ1n) is 7.09. The molecule has 104 valence electrons. The van der Waals surface area contributed by atoms with Gasteiger partial charge < -0.3 is 10.2 Å². The second-order valence-corrected chi connectivity index (χ2v) is 5.62. The zero-order chi connectivity index (χ0) is 14.0. The van der Waals surface area contributed by atoms with E-state index in [0.29, 0.717) is 0 Å². The number of carbonyl (C=O) groups excluding carboxylic acids is 1. The van der Waals surface area contributed by atoms with Gasteiger partial charge in [0, 0.05) is 12.7 Å². The SMILES string of the molecule is Cc1cc(C)c(N(C)C(=O)C2CCCCN2)cc1C. The summed E-state index contributed by atoms with van der Waals surface area (Å²) in [7, 11) is 1.88. The van der Waals surface area contributed by atoms with Crippen molar-refractivity contribution in [2.24, 2.45) is 0 Å². The molecular formula is C16H24N2O. The average molecular weight is 260 g/mol. The normalized spacial score (nSPS) is 19.3. The average Bonchev–Trinajstić information content (AvgIpc) is 2.42. The maximum atomic E-state index is 12.5. The number of amides is 1. The van der Waals surface area contributed by atoms with Crippen LogP contribution in [-0.4, -0.2) is 25.5 Å². The number of nitrogens with zero attached hydrogens (tertiary/aromatic N) is 1. The minimum atomic E-state index is -0.0141. The molecule has 0 aromatic heterocycles. The molecule has 1 amide bonds. The zero-order valence-corrected chi connectivity index (χ0v) is 12.4. The molecule has 1 aromatic carbocycles. The van der Waals surface area contributed by atoms with E-state index in [1.54, 1.807) is 0 Å². The van der Waals surface area contributed by atoms with Crippen LogP contribution in [0.15, 0.2) is 12.1 Å². The molecule has 1 aromatic rings. The van der Waals surface area contributed by atoms with Gasteiger partial charge in [0.1, 0.15) is 0 Å². The molecule has 1 unspecified atom stereocenters. The Morgan fingerprint density at radius 1 is 1.16 bits per heavy atom. The number of hydrogen-bond acceptors (Lipinski definition) is 2. The van der Waals surface area contributed by atoms with Crippen LogP contribution in [0.4, 0.5) is 5.69 Å². The lowest BCUT2D eigenvalue weighted by Gasteiger charge is -2.28. The standard InChI is InChI=1S/C16H24N2O/c1-11-9-13(3)15(10-12(11)2)18(4)16(19)14-7-5-6-8-17-14/h9-10,14,17H,5-8H2,1-4H3. The Labute approximate surface area is 116 Å². The summed E-state index contributed by atoms with van der Waals surface area (Å²) in [4.78, 5) is 14.3. The van der Waals surface area contributed by atoms with Crippen molar-refractivity contribution in [1.82, 2.24) is 5.32 Å². The second-order valence-electron chi connectivity index (χ2n) is 5.62. The van der Waals surface area contributed by atoms with Gasteiger partial charge in [-0.1, -0.05) is 12.5 Å². The molecule has 0 radical (unpaired) electrons. The maximum Gasteiger partial charge on any atom is 0.243 e. The van der Waals surface area contributed by atoms with E-state index in [0.717, 1.165) is 30.6 Å². The number of nitrogens with one attached hydrogen (secondary N) is 1. The minimum absolute atomic E-state index is 0.0141. The lowest BCUT2D eigenvalue weighted by molar-refractivity contribution is -0.120. The largest absolute Gasteiger partial charge is 0.314 e. The lowest BCUT2D eigenvalue weighted by Crippen LogP contribution is -2.47. The third-order valence-electron chi connectivity index (χ3n) is 4.11. The molecule has 0 bridgehead atoms. The second kappa shape index (κ2) is 5.74. The Balaban J connectivity index is 2.21. The summed E-state index contributed by atoms with van der Waals surface area (Å²) in [6.07, 6.45) is 3.27. The fraction of sp³-hybridized carbons (Fsp3) is 0.562. The van der Waals surface area contributed by atoms with Gasteiger partial charge in [0.15, 0.2) is 0 Å². The van der Waals surface area contributed by atoms with Crippen molar-refractivity contribution < 1.29 is 4.79 Å². The number of benzene rings is 1. The van der Waals surface area contributed by atoms with Crippen molar-refractivity contribution in [3.8, 4) is 0 Å². The molecule has 19 heavy (non-hydrogen) atoms. The third-order valence-corrected chi connectivity index (χ3v) is 4.11. The summed E-state index contributed by atoms with van der Waals surface area (Å²) >= 11 is 0. The van der Waals surface area contributed by atoms with Crippen LogP contribution < -0.4 is 10.2 Å². The molecule has 1 saturated heterocycles.